The van der Waals surface area contributed by atoms with Crippen molar-refractivity contribution in [3.8, 4) is 0 Å². The zero-order valence-corrected chi connectivity index (χ0v) is 9.69. The van der Waals surface area contributed by atoms with Gasteiger partial charge in [0, 0.05) is 17.8 Å². The highest BCUT2D eigenvalue weighted by molar-refractivity contribution is 5.94. The molecule has 0 atom stereocenters. The summed E-state index contributed by atoms with van der Waals surface area (Å²) in [5.74, 6) is -0.470. The third-order valence-corrected chi connectivity index (χ3v) is 2.54. The predicted molar refractivity (Wildman–Crippen MR) is 68.4 cm³/mol. The smallest absolute Gasteiger partial charge is 0.251 e. The fraction of sp³-hybridized carbons (Fsp3) is 0.0714. The molecule has 2 rings (SSSR count). The van der Waals surface area contributed by atoms with Gasteiger partial charge in [0.15, 0.2) is 0 Å². The van der Waals surface area contributed by atoms with Crippen molar-refractivity contribution in [3.63, 3.8) is 0 Å². The highest BCUT2D eigenvalue weighted by Crippen LogP contribution is 2.06. The Morgan fingerprint density at radius 1 is 1.06 bits per heavy atom. The molecular formula is C14H13FN2O. The minimum atomic E-state index is -0.288. The van der Waals surface area contributed by atoms with Crippen LogP contribution >= 0.6 is 0 Å². The molecular weight excluding hydrogens is 231 g/mol. The van der Waals surface area contributed by atoms with E-state index in [0.717, 1.165) is 5.56 Å². The van der Waals surface area contributed by atoms with Gasteiger partial charge >= 0.3 is 0 Å². The van der Waals surface area contributed by atoms with Crippen LogP contribution in [0, 0.1) is 5.82 Å². The number of hydrogen-bond acceptors (Lipinski definition) is 2. The van der Waals surface area contributed by atoms with Gasteiger partial charge in [0.25, 0.3) is 5.91 Å². The van der Waals surface area contributed by atoms with Gasteiger partial charge in [0.2, 0.25) is 0 Å². The van der Waals surface area contributed by atoms with E-state index in [4.69, 9.17) is 5.73 Å². The second kappa shape index (κ2) is 5.31. The first kappa shape index (κ1) is 12.1. The maximum Gasteiger partial charge on any atom is 0.251 e. The van der Waals surface area contributed by atoms with Crippen LogP contribution in [0.2, 0.25) is 0 Å². The fourth-order valence-corrected chi connectivity index (χ4v) is 1.52. The summed E-state index contributed by atoms with van der Waals surface area (Å²) in [7, 11) is 0. The van der Waals surface area contributed by atoms with Crippen molar-refractivity contribution in [2.24, 2.45) is 0 Å². The van der Waals surface area contributed by atoms with Crippen LogP contribution in [-0.4, -0.2) is 5.91 Å². The molecule has 0 aromatic heterocycles. The van der Waals surface area contributed by atoms with Crippen LogP contribution in [-0.2, 0) is 6.54 Å². The molecule has 2 aromatic carbocycles. The molecule has 0 aliphatic rings. The van der Waals surface area contributed by atoms with E-state index in [9.17, 15) is 9.18 Å². The number of rotatable bonds is 3. The van der Waals surface area contributed by atoms with Crippen molar-refractivity contribution in [1.82, 2.24) is 5.32 Å². The van der Waals surface area contributed by atoms with Crippen LogP contribution in [0.15, 0.2) is 48.5 Å². The molecule has 2 aromatic rings. The van der Waals surface area contributed by atoms with Crippen LogP contribution in [0.1, 0.15) is 15.9 Å². The van der Waals surface area contributed by atoms with Gasteiger partial charge in [-0.1, -0.05) is 12.1 Å². The number of nitrogen functional groups attached to an aromatic ring is 1. The van der Waals surface area contributed by atoms with Gasteiger partial charge in [-0.3, -0.25) is 4.79 Å². The van der Waals surface area contributed by atoms with Crippen LogP contribution in [0.3, 0.4) is 0 Å². The van der Waals surface area contributed by atoms with Gasteiger partial charge < -0.3 is 11.1 Å². The van der Waals surface area contributed by atoms with Gasteiger partial charge in [-0.25, -0.2) is 4.39 Å². The third-order valence-electron chi connectivity index (χ3n) is 2.54. The molecule has 0 saturated heterocycles. The number of nitrogens with two attached hydrogens (primary N) is 1. The fourth-order valence-electron chi connectivity index (χ4n) is 1.52. The maximum atomic E-state index is 12.7. The summed E-state index contributed by atoms with van der Waals surface area (Å²) in [6, 6.07) is 12.7. The normalized spacial score (nSPS) is 10.1. The SMILES string of the molecule is Nc1ccc(C(=O)NCc2ccc(F)cc2)cc1. The molecule has 0 saturated carbocycles. The topological polar surface area (TPSA) is 55.1 Å². The van der Waals surface area contributed by atoms with E-state index in [2.05, 4.69) is 5.32 Å². The second-order valence-electron chi connectivity index (χ2n) is 3.93. The molecule has 4 heteroatoms. The third kappa shape index (κ3) is 3.07. The largest absolute Gasteiger partial charge is 0.399 e. The number of benzene rings is 2. The summed E-state index contributed by atoms with van der Waals surface area (Å²) in [6.45, 7) is 0.365. The van der Waals surface area contributed by atoms with E-state index >= 15 is 0 Å². The molecule has 0 aliphatic heterocycles. The summed E-state index contributed by atoms with van der Waals surface area (Å²) < 4.78 is 12.7. The van der Waals surface area contributed by atoms with E-state index in [1.54, 1.807) is 36.4 Å². The van der Waals surface area contributed by atoms with E-state index in [1.807, 2.05) is 0 Å². The van der Waals surface area contributed by atoms with Gasteiger partial charge in [-0.2, -0.15) is 0 Å². The standard InChI is InChI=1S/C14H13FN2O/c15-12-5-1-10(2-6-12)9-17-14(18)11-3-7-13(16)8-4-11/h1-8H,9,16H2,(H,17,18). The Hall–Kier alpha value is -2.36. The number of anilines is 1. The van der Waals surface area contributed by atoms with Gasteiger partial charge in [0.05, 0.1) is 0 Å². The first-order chi connectivity index (χ1) is 8.65. The highest BCUT2D eigenvalue weighted by atomic mass is 19.1. The molecule has 92 valence electrons. The molecule has 0 unspecified atom stereocenters. The zero-order valence-electron chi connectivity index (χ0n) is 9.69. The summed E-state index contributed by atoms with van der Waals surface area (Å²) in [5.41, 5.74) is 7.55. The molecule has 0 bridgehead atoms. The quantitative estimate of drug-likeness (QED) is 0.814. The average Bonchev–Trinajstić information content (AvgIpc) is 2.38. The van der Waals surface area contributed by atoms with Crippen molar-refractivity contribution >= 4 is 11.6 Å². The molecule has 3 nitrogen and oxygen atoms in total. The Kier molecular flexibility index (Phi) is 3.57. The maximum absolute atomic E-state index is 12.7. The molecule has 0 heterocycles. The highest BCUT2D eigenvalue weighted by Gasteiger charge is 2.04. The number of amides is 1. The van der Waals surface area contributed by atoms with Crippen LogP contribution in [0.25, 0.3) is 0 Å². The molecule has 0 aliphatic carbocycles. The Morgan fingerprint density at radius 3 is 2.28 bits per heavy atom. The van der Waals surface area contributed by atoms with E-state index in [0.29, 0.717) is 17.8 Å². The number of nitrogens with one attached hydrogen (secondary N) is 1. The van der Waals surface area contributed by atoms with Crippen molar-refractivity contribution in [3.05, 3.63) is 65.5 Å². The van der Waals surface area contributed by atoms with Crippen molar-refractivity contribution < 1.29 is 9.18 Å². The average molecular weight is 244 g/mol. The molecule has 3 N–H and O–H groups in total. The summed E-state index contributed by atoms with van der Waals surface area (Å²) in [5, 5.41) is 2.75. The van der Waals surface area contributed by atoms with E-state index in [1.165, 1.54) is 12.1 Å². The van der Waals surface area contributed by atoms with Crippen LogP contribution < -0.4 is 11.1 Å². The number of hydrogen-bond donors (Lipinski definition) is 2. The van der Waals surface area contributed by atoms with Gasteiger partial charge in [0.1, 0.15) is 5.82 Å². The van der Waals surface area contributed by atoms with E-state index in [-0.39, 0.29) is 11.7 Å². The molecule has 0 radical (unpaired) electrons. The summed E-state index contributed by atoms with van der Waals surface area (Å²) in [4.78, 5) is 11.8. The predicted octanol–water partition coefficient (Wildman–Crippen LogP) is 2.34. The Bertz CT molecular complexity index is 535. The lowest BCUT2D eigenvalue weighted by atomic mass is 10.2. The Balaban J connectivity index is 1.96. The van der Waals surface area contributed by atoms with Crippen LogP contribution in [0.4, 0.5) is 10.1 Å². The van der Waals surface area contributed by atoms with Crippen LogP contribution in [0.5, 0.6) is 0 Å². The molecule has 0 fully saturated rings. The Morgan fingerprint density at radius 2 is 1.67 bits per heavy atom. The Labute approximate surface area is 104 Å². The lowest BCUT2D eigenvalue weighted by Crippen LogP contribution is -2.22. The minimum absolute atomic E-state index is 0.181. The van der Waals surface area contributed by atoms with Gasteiger partial charge in [-0.05, 0) is 42.0 Å². The molecule has 1 amide bonds. The number of carbonyl (C=O) groups is 1. The first-order valence-corrected chi connectivity index (χ1v) is 5.53. The molecule has 0 spiro atoms. The summed E-state index contributed by atoms with van der Waals surface area (Å²) >= 11 is 0. The van der Waals surface area contributed by atoms with Gasteiger partial charge in [-0.15, -0.1) is 0 Å². The minimum Gasteiger partial charge on any atom is -0.399 e. The monoisotopic (exact) mass is 244 g/mol. The number of halogens is 1. The first-order valence-electron chi connectivity index (χ1n) is 5.53. The lowest BCUT2D eigenvalue weighted by molar-refractivity contribution is 0.0951. The second-order valence-corrected chi connectivity index (χ2v) is 3.93. The lowest BCUT2D eigenvalue weighted by Gasteiger charge is -2.05. The zero-order chi connectivity index (χ0) is 13.0. The van der Waals surface area contributed by atoms with Crippen molar-refractivity contribution in [1.29, 1.82) is 0 Å². The number of carbonyl (C=O) groups excluding carboxylic acids is 1. The summed E-state index contributed by atoms with van der Waals surface area (Å²) in [6.07, 6.45) is 0. The molecule has 18 heavy (non-hydrogen) atoms. The van der Waals surface area contributed by atoms with Crippen molar-refractivity contribution in [2.45, 2.75) is 6.54 Å². The van der Waals surface area contributed by atoms with Crippen molar-refractivity contribution in [2.75, 3.05) is 5.73 Å². The van der Waals surface area contributed by atoms with E-state index < -0.39 is 0 Å².